The third kappa shape index (κ3) is 3.21. The Bertz CT molecular complexity index is 706. The highest BCUT2D eigenvalue weighted by atomic mass is 16.2. The second-order valence-electron chi connectivity index (χ2n) is 5.34. The Morgan fingerprint density at radius 3 is 2.71 bits per heavy atom. The largest absolute Gasteiger partial charge is 0.352 e. The SMILES string of the molecule is CC[C@@H](C)NC(=O)Cn1c(=O)c(C#N)cn(C2CC2)c1=O. The van der Waals surface area contributed by atoms with Gasteiger partial charge in [-0.1, -0.05) is 6.92 Å². The summed E-state index contributed by atoms with van der Waals surface area (Å²) in [5.41, 5.74) is -1.35. The van der Waals surface area contributed by atoms with Crippen molar-refractivity contribution in [1.29, 1.82) is 5.26 Å². The van der Waals surface area contributed by atoms with Gasteiger partial charge in [0, 0.05) is 18.3 Å². The molecular weight excluding hydrogens is 272 g/mol. The number of aromatic nitrogens is 2. The highest BCUT2D eigenvalue weighted by molar-refractivity contribution is 5.76. The molecule has 1 aromatic heterocycles. The number of amides is 1. The lowest BCUT2D eigenvalue weighted by Gasteiger charge is -2.13. The lowest BCUT2D eigenvalue weighted by molar-refractivity contribution is -0.122. The molecule has 1 aliphatic rings. The predicted molar refractivity (Wildman–Crippen MR) is 75.8 cm³/mol. The van der Waals surface area contributed by atoms with Gasteiger partial charge in [0.05, 0.1) is 0 Å². The van der Waals surface area contributed by atoms with E-state index in [-0.39, 0.29) is 24.2 Å². The maximum Gasteiger partial charge on any atom is 0.331 e. The van der Waals surface area contributed by atoms with Crippen molar-refractivity contribution < 1.29 is 4.79 Å². The standard InChI is InChI=1S/C14H18N4O3/c1-3-9(2)16-12(19)8-18-13(20)10(6-15)7-17(14(18)21)11-4-5-11/h7,9,11H,3-5,8H2,1-2H3,(H,16,19)/t9-/m1/s1. The van der Waals surface area contributed by atoms with Crippen LogP contribution in [0.4, 0.5) is 0 Å². The monoisotopic (exact) mass is 290 g/mol. The maximum atomic E-state index is 12.3. The molecule has 1 atom stereocenters. The molecule has 21 heavy (non-hydrogen) atoms. The second kappa shape index (κ2) is 5.95. The average molecular weight is 290 g/mol. The third-order valence-corrected chi connectivity index (χ3v) is 3.58. The molecule has 1 heterocycles. The van der Waals surface area contributed by atoms with Crippen molar-refractivity contribution >= 4 is 5.91 Å². The molecular formula is C14H18N4O3. The van der Waals surface area contributed by atoms with Crippen LogP contribution in [0.3, 0.4) is 0 Å². The summed E-state index contributed by atoms with van der Waals surface area (Å²) in [7, 11) is 0. The molecule has 0 unspecified atom stereocenters. The van der Waals surface area contributed by atoms with E-state index in [4.69, 9.17) is 5.26 Å². The van der Waals surface area contributed by atoms with Crippen LogP contribution < -0.4 is 16.6 Å². The zero-order valence-electron chi connectivity index (χ0n) is 12.1. The molecule has 0 bridgehead atoms. The van der Waals surface area contributed by atoms with Gasteiger partial charge >= 0.3 is 5.69 Å². The van der Waals surface area contributed by atoms with Gasteiger partial charge in [-0.25, -0.2) is 9.36 Å². The molecule has 0 saturated heterocycles. The van der Waals surface area contributed by atoms with Crippen LogP contribution in [-0.4, -0.2) is 21.1 Å². The van der Waals surface area contributed by atoms with E-state index in [1.807, 2.05) is 13.8 Å². The van der Waals surface area contributed by atoms with E-state index in [1.54, 1.807) is 6.07 Å². The van der Waals surface area contributed by atoms with Crippen LogP contribution >= 0.6 is 0 Å². The van der Waals surface area contributed by atoms with Crippen LogP contribution in [0.5, 0.6) is 0 Å². The number of carbonyl (C=O) groups is 1. The minimum Gasteiger partial charge on any atom is -0.352 e. The quantitative estimate of drug-likeness (QED) is 0.833. The van der Waals surface area contributed by atoms with E-state index in [9.17, 15) is 14.4 Å². The van der Waals surface area contributed by atoms with Gasteiger partial charge in [-0.15, -0.1) is 0 Å². The second-order valence-corrected chi connectivity index (χ2v) is 5.34. The van der Waals surface area contributed by atoms with Crippen LogP contribution in [0.15, 0.2) is 15.8 Å². The molecule has 0 aromatic carbocycles. The predicted octanol–water partition coefficient (Wildman–Crippen LogP) is 0.131. The van der Waals surface area contributed by atoms with Crippen LogP contribution in [-0.2, 0) is 11.3 Å². The fraction of sp³-hybridized carbons (Fsp3) is 0.571. The van der Waals surface area contributed by atoms with Crippen molar-refractivity contribution in [3.8, 4) is 6.07 Å². The molecule has 0 aliphatic heterocycles. The van der Waals surface area contributed by atoms with Crippen molar-refractivity contribution in [2.45, 2.75) is 51.7 Å². The minimum absolute atomic E-state index is 0.0296. The fourth-order valence-corrected chi connectivity index (χ4v) is 2.02. The van der Waals surface area contributed by atoms with Gasteiger partial charge in [-0.05, 0) is 26.2 Å². The Hall–Kier alpha value is -2.36. The molecule has 1 fully saturated rings. The zero-order valence-corrected chi connectivity index (χ0v) is 12.1. The Balaban J connectivity index is 2.36. The number of carbonyl (C=O) groups excluding carboxylic acids is 1. The normalized spacial score (nSPS) is 15.3. The number of rotatable bonds is 5. The highest BCUT2D eigenvalue weighted by Crippen LogP contribution is 2.33. The van der Waals surface area contributed by atoms with E-state index >= 15 is 0 Å². The summed E-state index contributed by atoms with van der Waals surface area (Å²) in [6.07, 6.45) is 3.75. The van der Waals surface area contributed by atoms with Gasteiger partial charge in [-0.2, -0.15) is 5.26 Å². The van der Waals surface area contributed by atoms with Crippen molar-refractivity contribution in [2.24, 2.45) is 0 Å². The first-order valence-corrected chi connectivity index (χ1v) is 7.03. The molecule has 1 aromatic rings. The Morgan fingerprint density at radius 2 is 2.19 bits per heavy atom. The zero-order chi connectivity index (χ0) is 15.6. The van der Waals surface area contributed by atoms with Gasteiger partial charge in [0.25, 0.3) is 5.56 Å². The molecule has 1 aliphatic carbocycles. The summed E-state index contributed by atoms with van der Waals surface area (Å²) in [5, 5.41) is 11.7. The lowest BCUT2D eigenvalue weighted by atomic mass is 10.2. The van der Waals surface area contributed by atoms with E-state index in [0.717, 1.165) is 23.8 Å². The van der Waals surface area contributed by atoms with Gasteiger partial charge in [0.1, 0.15) is 18.2 Å². The average Bonchev–Trinajstić information content (AvgIpc) is 3.28. The first-order valence-electron chi connectivity index (χ1n) is 7.03. The van der Waals surface area contributed by atoms with Gasteiger partial charge < -0.3 is 5.32 Å². The van der Waals surface area contributed by atoms with Crippen molar-refractivity contribution in [2.75, 3.05) is 0 Å². The number of nitrogens with zero attached hydrogens (tertiary/aromatic N) is 3. The van der Waals surface area contributed by atoms with Crippen molar-refractivity contribution in [1.82, 2.24) is 14.5 Å². The number of hydrogen-bond acceptors (Lipinski definition) is 4. The fourth-order valence-electron chi connectivity index (χ4n) is 2.02. The molecule has 2 rings (SSSR count). The summed E-state index contributed by atoms with van der Waals surface area (Å²) in [6.45, 7) is 3.41. The van der Waals surface area contributed by atoms with Gasteiger partial charge in [-0.3, -0.25) is 14.2 Å². The summed E-state index contributed by atoms with van der Waals surface area (Å²) in [5.74, 6) is -0.402. The van der Waals surface area contributed by atoms with Crippen LogP contribution in [0.25, 0.3) is 0 Å². The molecule has 1 saturated carbocycles. The number of hydrogen-bond donors (Lipinski definition) is 1. The number of nitriles is 1. The molecule has 0 radical (unpaired) electrons. The molecule has 0 spiro atoms. The van der Waals surface area contributed by atoms with Crippen LogP contribution in [0.1, 0.15) is 44.7 Å². The summed E-state index contributed by atoms with van der Waals surface area (Å²) in [6, 6.07) is 1.79. The maximum absolute atomic E-state index is 12.3. The first kappa shape index (κ1) is 15.0. The Kier molecular flexibility index (Phi) is 4.26. The topological polar surface area (TPSA) is 96.9 Å². The lowest BCUT2D eigenvalue weighted by Crippen LogP contribution is -2.45. The van der Waals surface area contributed by atoms with Crippen LogP contribution in [0.2, 0.25) is 0 Å². The van der Waals surface area contributed by atoms with Crippen LogP contribution in [0, 0.1) is 11.3 Å². The van der Waals surface area contributed by atoms with Gasteiger partial charge in [0.15, 0.2) is 0 Å². The summed E-state index contributed by atoms with van der Waals surface area (Å²) < 4.78 is 2.23. The smallest absolute Gasteiger partial charge is 0.331 e. The van der Waals surface area contributed by atoms with E-state index < -0.39 is 17.2 Å². The summed E-state index contributed by atoms with van der Waals surface area (Å²) >= 11 is 0. The number of nitrogens with one attached hydrogen (secondary N) is 1. The molecule has 7 nitrogen and oxygen atoms in total. The molecule has 7 heteroatoms. The van der Waals surface area contributed by atoms with E-state index in [0.29, 0.717) is 0 Å². The first-order chi connectivity index (χ1) is 9.97. The Labute approximate surface area is 121 Å². The van der Waals surface area contributed by atoms with E-state index in [1.165, 1.54) is 10.8 Å². The molecule has 1 N–H and O–H groups in total. The van der Waals surface area contributed by atoms with Crippen molar-refractivity contribution in [3.63, 3.8) is 0 Å². The molecule has 1 amide bonds. The van der Waals surface area contributed by atoms with E-state index in [2.05, 4.69) is 5.32 Å². The van der Waals surface area contributed by atoms with Gasteiger partial charge in [0.2, 0.25) is 5.91 Å². The molecule has 112 valence electrons. The highest BCUT2D eigenvalue weighted by Gasteiger charge is 2.27. The third-order valence-electron chi connectivity index (χ3n) is 3.58. The van der Waals surface area contributed by atoms with Crippen molar-refractivity contribution in [3.05, 3.63) is 32.6 Å². The summed E-state index contributed by atoms with van der Waals surface area (Å²) in [4.78, 5) is 36.2. The minimum atomic E-state index is -0.710. The Morgan fingerprint density at radius 1 is 1.52 bits per heavy atom.